The van der Waals surface area contributed by atoms with Crippen LogP contribution in [0.5, 0.6) is 0 Å². The lowest BCUT2D eigenvalue weighted by Gasteiger charge is -2.29. The minimum atomic E-state index is -4.67. The van der Waals surface area contributed by atoms with E-state index < -0.39 is 23.2 Å². The van der Waals surface area contributed by atoms with E-state index in [1.54, 1.807) is 12.1 Å². The number of hydrogen-bond donors (Lipinski definition) is 0. The van der Waals surface area contributed by atoms with Gasteiger partial charge in [-0.2, -0.15) is 13.2 Å². The van der Waals surface area contributed by atoms with Crippen molar-refractivity contribution < 1.29 is 18.0 Å². The first kappa shape index (κ1) is 18.6. The zero-order valence-corrected chi connectivity index (χ0v) is 15.1. The minimum absolute atomic E-state index is 0.0575. The molecule has 2 aromatic rings. The maximum Gasteiger partial charge on any atom is 0.417 e. The minimum Gasteiger partial charge on any atom is -0.373 e. The van der Waals surface area contributed by atoms with Gasteiger partial charge in [-0.05, 0) is 43.7 Å². The molecule has 0 fully saturated rings. The molecule has 26 heavy (non-hydrogen) atoms. The standard InChI is InChI=1S/C19H18ClF3N2O/c1-12-9-10-24(2)16-5-3-4-6-17(16)25(12)18(26)14-8-7-13(20)11-15(14)19(21,22)23/h3-8,11-12H,9-10H2,1-2H3. The number of rotatable bonds is 1. The van der Waals surface area contributed by atoms with E-state index in [-0.39, 0.29) is 11.1 Å². The first-order valence-electron chi connectivity index (χ1n) is 8.20. The molecule has 0 saturated heterocycles. The SMILES string of the molecule is CC1CCN(C)c2ccccc2N1C(=O)c1ccc(Cl)cc1C(F)(F)F. The molecule has 1 aliphatic rings. The summed E-state index contributed by atoms with van der Waals surface area (Å²) >= 11 is 5.74. The molecule has 0 spiro atoms. The van der Waals surface area contributed by atoms with Gasteiger partial charge in [-0.3, -0.25) is 4.79 Å². The molecule has 0 N–H and O–H groups in total. The first-order valence-corrected chi connectivity index (χ1v) is 8.58. The van der Waals surface area contributed by atoms with Gasteiger partial charge in [0.15, 0.2) is 0 Å². The average Bonchev–Trinajstić information content (AvgIpc) is 2.71. The van der Waals surface area contributed by atoms with Crippen molar-refractivity contribution in [3.05, 3.63) is 58.6 Å². The third-order valence-corrected chi connectivity index (χ3v) is 4.85. The lowest BCUT2D eigenvalue weighted by Crippen LogP contribution is -2.39. The predicted molar refractivity (Wildman–Crippen MR) is 97.1 cm³/mol. The van der Waals surface area contributed by atoms with E-state index in [0.29, 0.717) is 18.7 Å². The quantitative estimate of drug-likeness (QED) is 0.674. The summed E-state index contributed by atoms with van der Waals surface area (Å²) in [7, 11) is 1.91. The Hall–Kier alpha value is -2.21. The average molecular weight is 383 g/mol. The normalized spacial score (nSPS) is 17.7. The fourth-order valence-corrected chi connectivity index (χ4v) is 3.41. The van der Waals surface area contributed by atoms with Crippen molar-refractivity contribution in [2.45, 2.75) is 25.6 Å². The molecule has 1 unspecified atom stereocenters. The van der Waals surface area contributed by atoms with Crippen LogP contribution in [0.2, 0.25) is 5.02 Å². The van der Waals surface area contributed by atoms with Gasteiger partial charge in [-0.1, -0.05) is 23.7 Å². The molecule has 3 nitrogen and oxygen atoms in total. The van der Waals surface area contributed by atoms with E-state index in [1.165, 1.54) is 11.0 Å². The molecule has 7 heteroatoms. The molecule has 0 aliphatic carbocycles. The fourth-order valence-electron chi connectivity index (χ4n) is 3.23. The Morgan fingerprint density at radius 1 is 1.15 bits per heavy atom. The second kappa shape index (κ2) is 6.83. The summed E-state index contributed by atoms with van der Waals surface area (Å²) in [5.74, 6) is -0.677. The molecule has 1 aliphatic heterocycles. The third-order valence-electron chi connectivity index (χ3n) is 4.61. The largest absolute Gasteiger partial charge is 0.417 e. The summed E-state index contributed by atoms with van der Waals surface area (Å²) in [6, 6.07) is 10.3. The molecule has 0 radical (unpaired) electrons. The zero-order valence-electron chi connectivity index (χ0n) is 14.3. The summed E-state index contributed by atoms with van der Waals surface area (Å²) in [5.41, 5.74) is 0.00573. The Labute approximate surface area is 155 Å². The molecule has 2 aromatic carbocycles. The lowest BCUT2D eigenvalue weighted by molar-refractivity contribution is -0.137. The summed E-state index contributed by atoms with van der Waals surface area (Å²) in [5, 5.41) is -0.0575. The topological polar surface area (TPSA) is 23.6 Å². The number of alkyl halides is 3. The molecule has 1 atom stereocenters. The Bertz CT molecular complexity index is 838. The Morgan fingerprint density at radius 3 is 2.46 bits per heavy atom. The number of hydrogen-bond acceptors (Lipinski definition) is 2. The molecular weight excluding hydrogens is 365 g/mol. The monoisotopic (exact) mass is 382 g/mol. The van der Waals surface area contributed by atoms with Gasteiger partial charge in [0.25, 0.3) is 5.91 Å². The van der Waals surface area contributed by atoms with Gasteiger partial charge in [0, 0.05) is 24.7 Å². The summed E-state index contributed by atoms with van der Waals surface area (Å²) < 4.78 is 40.4. The summed E-state index contributed by atoms with van der Waals surface area (Å²) in [6.45, 7) is 2.55. The number of benzene rings is 2. The maximum absolute atomic E-state index is 13.5. The van der Waals surface area contributed by atoms with Crippen LogP contribution < -0.4 is 9.80 Å². The van der Waals surface area contributed by atoms with Gasteiger partial charge in [0.05, 0.1) is 22.5 Å². The molecule has 0 bridgehead atoms. The predicted octanol–water partition coefficient (Wildman–Crippen LogP) is 5.23. The van der Waals surface area contributed by atoms with Crippen LogP contribution in [0.15, 0.2) is 42.5 Å². The highest BCUT2D eigenvalue weighted by Crippen LogP contribution is 2.38. The van der Waals surface area contributed by atoms with E-state index in [9.17, 15) is 18.0 Å². The van der Waals surface area contributed by atoms with Crippen molar-refractivity contribution in [1.29, 1.82) is 0 Å². The van der Waals surface area contributed by atoms with Gasteiger partial charge in [0.1, 0.15) is 0 Å². The number of anilines is 2. The number of fused-ring (bicyclic) bond motifs is 1. The number of amides is 1. The van der Waals surface area contributed by atoms with Crippen molar-refractivity contribution in [3.8, 4) is 0 Å². The van der Waals surface area contributed by atoms with Crippen molar-refractivity contribution >= 4 is 28.9 Å². The summed E-state index contributed by atoms with van der Waals surface area (Å²) in [6.07, 6.45) is -4.02. The van der Waals surface area contributed by atoms with Crippen molar-refractivity contribution in [3.63, 3.8) is 0 Å². The van der Waals surface area contributed by atoms with E-state index in [4.69, 9.17) is 11.6 Å². The number of nitrogens with zero attached hydrogens (tertiary/aromatic N) is 2. The second-order valence-electron chi connectivity index (χ2n) is 6.41. The highest BCUT2D eigenvalue weighted by Gasteiger charge is 2.38. The van der Waals surface area contributed by atoms with Crippen LogP contribution in [0.25, 0.3) is 0 Å². The molecule has 138 valence electrons. The van der Waals surface area contributed by atoms with Gasteiger partial charge >= 0.3 is 6.18 Å². The number of para-hydroxylation sites is 2. The molecule has 1 heterocycles. The molecular formula is C19H18ClF3N2O. The van der Waals surface area contributed by atoms with Crippen LogP contribution in [-0.4, -0.2) is 25.5 Å². The van der Waals surface area contributed by atoms with E-state index in [1.807, 2.05) is 31.0 Å². The molecule has 0 aromatic heterocycles. The molecule has 1 amide bonds. The van der Waals surface area contributed by atoms with Gasteiger partial charge in [-0.25, -0.2) is 0 Å². The van der Waals surface area contributed by atoms with Gasteiger partial charge < -0.3 is 9.80 Å². The van der Waals surface area contributed by atoms with Crippen LogP contribution in [-0.2, 0) is 6.18 Å². The molecule has 0 saturated carbocycles. The zero-order chi connectivity index (χ0) is 19.1. The van der Waals surface area contributed by atoms with Crippen molar-refractivity contribution in [1.82, 2.24) is 0 Å². The smallest absolute Gasteiger partial charge is 0.373 e. The lowest BCUT2D eigenvalue weighted by atomic mass is 10.0. The third kappa shape index (κ3) is 3.38. The fraction of sp³-hybridized carbons (Fsp3) is 0.316. The maximum atomic E-state index is 13.5. The Kier molecular flexibility index (Phi) is 4.88. The highest BCUT2D eigenvalue weighted by atomic mass is 35.5. The van der Waals surface area contributed by atoms with Gasteiger partial charge in [0.2, 0.25) is 0 Å². The van der Waals surface area contributed by atoms with Crippen LogP contribution >= 0.6 is 11.6 Å². The highest BCUT2D eigenvalue weighted by molar-refractivity contribution is 6.30. The van der Waals surface area contributed by atoms with E-state index in [0.717, 1.165) is 17.8 Å². The van der Waals surface area contributed by atoms with Gasteiger partial charge in [-0.15, -0.1) is 0 Å². The Balaban J connectivity index is 2.14. The van der Waals surface area contributed by atoms with Crippen LogP contribution in [0.4, 0.5) is 24.5 Å². The first-order chi connectivity index (χ1) is 12.2. The Morgan fingerprint density at radius 2 is 1.81 bits per heavy atom. The van der Waals surface area contributed by atoms with Crippen LogP contribution in [0.3, 0.4) is 0 Å². The number of carbonyl (C=O) groups is 1. The number of halogens is 4. The van der Waals surface area contributed by atoms with E-state index >= 15 is 0 Å². The van der Waals surface area contributed by atoms with Crippen LogP contribution in [0, 0.1) is 0 Å². The second-order valence-corrected chi connectivity index (χ2v) is 6.85. The van der Waals surface area contributed by atoms with Crippen molar-refractivity contribution in [2.75, 3.05) is 23.4 Å². The van der Waals surface area contributed by atoms with Crippen LogP contribution in [0.1, 0.15) is 29.3 Å². The summed E-state index contributed by atoms with van der Waals surface area (Å²) in [4.78, 5) is 16.6. The molecule has 3 rings (SSSR count). The van der Waals surface area contributed by atoms with Crippen molar-refractivity contribution in [2.24, 2.45) is 0 Å². The number of carbonyl (C=O) groups excluding carboxylic acids is 1. The van der Waals surface area contributed by atoms with E-state index in [2.05, 4.69) is 0 Å².